The van der Waals surface area contributed by atoms with Crippen LogP contribution in [0.3, 0.4) is 0 Å². The molecule has 0 aromatic heterocycles. The molecule has 0 spiro atoms. The summed E-state index contributed by atoms with van der Waals surface area (Å²) < 4.78 is 11.1. The van der Waals surface area contributed by atoms with Gasteiger partial charge in [0.25, 0.3) is 5.91 Å². The molecule has 4 rings (SSSR count). The number of carbonyl (C=O) groups excluding carboxylic acids is 1. The van der Waals surface area contributed by atoms with E-state index >= 15 is 0 Å². The van der Waals surface area contributed by atoms with E-state index < -0.39 is 0 Å². The highest BCUT2D eigenvalue weighted by Gasteiger charge is 2.26. The van der Waals surface area contributed by atoms with E-state index in [0.717, 1.165) is 50.7 Å². The maximum atomic E-state index is 12.6. The number of fused-ring (bicyclic) bond motifs is 1. The Kier molecular flexibility index (Phi) is 4.80. The molecule has 0 unspecified atom stereocenters. The van der Waals surface area contributed by atoms with Crippen molar-refractivity contribution in [2.45, 2.75) is 13.3 Å². The molecule has 26 heavy (non-hydrogen) atoms. The lowest BCUT2D eigenvalue weighted by molar-refractivity contribution is -0.120. The zero-order valence-corrected chi connectivity index (χ0v) is 15.1. The van der Waals surface area contributed by atoms with E-state index in [1.165, 1.54) is 16.8 Å². The van der Waals surface area contributed by atoms with Gasteiger partial charge in [-0.1, -0.05) is 17.7 Å². The van der Waals surface area contributed by atoms with Gasteiger partial charge in [0.2, 0.25) is 0 Å². The third kappa shape index (κ3) is 3.53. The normalized spacial score (nSPS) is 16.5. The predicted octanol–water partition coefficient (Wildman–Crippen LogP) is 2.80. The van der Waals surface area contributed by atoms with Gasteiger partial charge in [0.05, 0.1) is 13.2 Å². The molecule has 0 N–H and O–H groups in total. The third-order valence-electron chi connectivity index (χ3n) is 5.02. The second-order valence-electron chi connectivity index (χ2n) is 6.81. The van der Waals surface area contributed by atoms with E-state index in [2.05, 4.69) is 23.1 Å². The maximum absolute atomic E-state index is 12.6. The number of benzene rings is 2. The van der Waals surface area contributed by atoms with Crippen molar-refractivity contribution in [2.75, 3.05) is 49.3 Å². The number of anilines is 2. The van der Waals surface area contributed by atoms with E-state index in [-0.39, 0.29) is 12.5 Å². The molecule has 2 heterocycles. The second kappa shape index (κ2) is 7.38. The fourth-order valence-corrected chi connectivity index (χ4v) is 3.52. The predicted molar refractivity (Wildman–Crippen MR) is 102 cm³/mol. The molecule has 5 heteroatoms. The van der Waals surface area contributed by atoms with Crippen LogP contribution in [0.5, 0.6) is 5.75 Å². The molecule has 2 aliphatic heterocycles. The first kappa shape index (κ1) is 16.9. The van der Waals surface area contributed by atoms with Crippen LogP contribution in [-0.2, 0) is 16.0 Å². The minimum Gasteiger partial charge on any atom is -0.484 e. The van der Waals surface area contributed by atoms with Crippen molar-refractivity contribution in [1.29, 1.82) is 0 Å². The van der Waals surface area contributed by atoms with Gasteiger partial charge in [-0.2, -0.15) is 0 Å². The van der Waals surface area contributed by atoms with Crippen LogP contribution in [0.15, 0.2) is 42.5 Å². The average Bonchev–Trinajstić information content (AvgIpc) is 3.11. The summed E-state index contributed by atoms with van der Waals surface area (Å²) in [5.74, 6) is 0.731. The Hall–Kier alpha value is -2.53. The van der Waals surface area contributed by atoms with Gasteiger partial charge in [-0.05, 0) is 49.2 Å². The molecule has 5 nitrogen and oxygen atoms in total. The van der Waals surface area contributed by atoms with Crippen LogP contribution in [0, 0.1) is 6.92 Å². The highest BCUT2D eigenvalue weighted by Crippen LogP contribution is 2.32. The Morgan fingerprint density at radius 3 is 2.62 bits per heavy atom. The molecular weight excluding hydrogens is 328 g/mol. The largest absolute Gasteiger partial charge is 0.484 e. The number of morpholine rings is 1. The van der Waals surface area contributed by atoms with Crippen molar-refractivity contribution >= 4 is 17.3 Å². The Morgan fingerprint density at radius 1 is 1.08 bits per heavy atom. The number of ether oxygens (including phenoxy) is 2. The minimum atomic E-state index is 0.00319. The van der Waals surface area contributed by atoms with Gasteiger partial charge in [0.1, 0.15) is 5.75 Å². The molecule has 0 saturated carbocycles. The number of hydrogen-bond acceptors (Lipinski definition) is 4. The zero-order valence-electron chi connectivity index (χ0n) is 15.1. The Balaban J connectivity index is 1.41. The number of nitrogens with zero attached hydrogens (tertiary/aromatic N) is 2. The van der Waals surface area contributed by atoms with Crippen LogP contribution < -0.4 is 14.5 Å². The Bertz CT molecular complexity index is 782. The van der Waals surface area contributed by atoms with Gasteiger partial charge >= 0.3 is 0 Å². The molecular formula is C21H24N2O3. The van der Waals surface area contributed by atoms with Crippen LogP contribution in [0.4, 0.5) is 11.4 Å². The molecule has 2 aromatic carbocycles. The Morgan fingerprint density at radius 2 is 1.85 bits per heavy atom. The molecule has 0 atom stereocenters. The lowest BCUT2D eigenvalue weighted by Gasteiger charge is -2.29. The summed E-state index contributed by atoms with van der Waals surface area (Å²) in [7, 11) is 0. The summed E-state index contributed by atoms with van der Waals surface area (Å²) in [6, 6.07) is 14.2. The van der Waals surface area contributed by atoms with Crippen LogP contribution >= 0.6 is 0 Å². The summed E-state index contributed by atoms with van der Waals surface area (Å²) in [5.41, 5.74) is 4.64. The van der Waals surface area contributed by atoms with E-state index in [4.69, 9.17) is 9.47 Å². The van der Waals surface area contributed by atoms with Crippen LogP contribution in [0.2, 0.25) is 0 Å². The van der Waals surface area contributed by atoms with E-state index in [9.17, 15) is 4.79 Å². The molecule has 2 aliphatic rings. The number of rotatable bonds is 4. The Labute approximate surface area is 154 Å². The van der Waals surface area contributed by atoms with Gasteiger partial charge in [0, 0.05) is 31.0 Å². The topological polar surface area (TPSA) is 42.0 Å². The summed E-state index contributed by atoms with van der Waals surface area (Å²) in [6.45, 7) is 6.21. The molecule has 0 radical (unpaired) electrons. The maximum Gasteiger partial charge on any atom is 0.264 e. The second-order valence-corrected chi connectivity index (χ2v) is 6.81. The minimum absolute atomic E-state index is 0.00319. The number of amides is 1. The molecule has 2 aromatic rings. The zero-order chi connectivity index (χ0) is 17.9. The molecule has 1 amide bonds. The van der Waals surface area contributed by atoms with Crippen molar-refractivity contribution in [3.05, 3.63) is 53.6 Å². The summed E-state index contributed by atoms with van der Waals surface area (Å²) in [4.78, 5) is 16.8. The van der Waals surface area contributed by atoms with E-state index in [1.807, 2.05) is 36.1 Å². The molecule has 0 aliphatic carbocycles. The summed E-state index contributed by atoms with van der Waals surface area (Å²) in [5, 5.41) is 0. The van der Waals surface area contributed by atoms with Crippen molar-refractivity contribution in [3.8, 4) is 5.75 Å². The summed E-state index contributed by atoms with van der Waals surface area (Å²) >= 11 is 0. The fraction of sp³-hybridized carbons (Fsp3) is 0.381. The lowest BCUT2D eigenvalue weighted by Crippen LogP contribution is -2.36. The van der Waals surface area contributed by atoms with Crippen molar-refractivity contribution in [3.63, 3.8) is 0 Å². The van der Waals surface area contributed by atoms with E-state index in [1.54, 1.807) is 0 Å². The first-order valence-electron chi connectivity index (χ1n) is 9.16. The lowest BCUT2D eigenvalue weighted by atomic mass is 10.1. The quantitative estimate of drug-likeness (QED) is 0.849. The number of aryl methyl sites for hydroxylation is 1. The van der Waals surface area contributed by atoms with Crippen molar-refractivity contribution in [1.82, 2.24) is 0 Å². The molecule has 1 fully saturated rings. The average molecular weight is 352 g/mol. The first-order valence-corrected chi connectivity index (χ1v) is 9.16. The third-order valence-corrected chi connectivity index (χ3v) is 5.02. The van der Waals surface area contributed by atoms with Gasteiger partial charge in [0.15, 0.2) is 6.61 Å². The summed E-state index contributed by atoms with van der Waals surface area (Å²) in [6.07, 6.45) is 0.893. The smallest absolute Gasteiger partial charge is 0.264 e. The standard InChI is InChI=1S/C21H24N2O3/c1-16-2-5-19(6-3-16)26-15-21(24)23-9-8-17-14-18(4-7-20(17)23)22-10-12-25-13-11-22/h2-7,14H,8-13,15H2,1H3. The number of hydrogen-bond donors (Lipinski definition) is 0. The number of carbonyl (C=O) groups is 1. The van der Waals surface area contributed by atoms with Crippen molar-refractivity contribution < 1.29 is 14.3 Å². The fourth-order valence-electron chi connectivity index (χ4n) is 3.52. The van der Waals surface area contributed by atoms with Crippen LogP contribution in [0.25, 0.3) is 0 Å². The van der Waals surface area contributed by atoms with Crippen LogP contribution in [-0.4, -0.2) is 45.4 Å². The highest BCUT2D eigenvalue weighted by molar-refractivity contribution is 5.96. The highest BCUT2D eigenvalue weighted by atomic mass is 16.5. The van der Waals surface area contributed by atoms with Crippen LogP contribution in [0.1, 0.15) is 11.1 Å². The van der Waals surface area contributed by atoms with Gasteiger partial charge in [-0.15, -0.1) is 0 Å². The molecule has 136 valence electrons. The SMILES string of the molecule is Cc1ccc(OCC(=O)N2CCc3cc(N4CCOCC4)ccc32)cc1. The van der Waals surface area contributed by atoms with Gasteiger partial charge in [-0.3, -0.25) is 4.79 Å². The van der Waals surface area contributed by atoms with Gasteiger partial charge in [-0.25, -0.2) is 0 Å². The molecule has 1 saturated heterocycles. The van der Waals surface area contributed by atoms with E-state index in [0.29, 0.717) is 0 Å². The first-order chi connectivity index (χ1) is 12.7. The van der Waals surface area contributed by atoms with Gasteiger partial charge < -0.3 is 19.3 Å². The van der Waals surface area contributed by atoms with Crippen molar-refractivity contribution in [2.24, 2.45) is 0 Å². The monoisotopic (exact) mass is 352 g/mol. The molecule has 0 bridgehead atoms.